The summed E-state index contributed by atoms with van der Waals surface area (Å²) in [4.78, 5) is 2.27. The molecule has 0 aromatic carbocycles. The predicted molar refractivity (Wildman–Crippen MR) is 73.8 cm³/mol. The third-order valence-corrected chi connectivity index (χ3v) is 3.70. The molecular weight excluding hydrogens is 269 g/mol. The number of alkyl halides is 3. The van der Waals surface area contributed by atoms with Crippen LogP contribution in [-0.4, -0.2) is 55.5 Å². The first-order chi connectivity index (χ1) is 9.33. The molecular formula is C14H27F3N2O. The highest BCUT2D eigenvalue weighted by Crippen LogP contribution is 2.24. The Labute approximate surface area is 119 Å². The molecule has 0 radical (unpaired) electrons. The van der Waals surface area contributed by atoms with E-state index >= 15 is 0 Å². The first kappa shape index (κ1) is 17.7. The Morgan fingerprint density at radius 2 is 2.05 bits per heavy atom. The van der Waals surface area contributed by atoms with E-state index in [0.717, 1.165) is 19.5 Å². The van der Waals surface area contributed by atoms with E-state index < -0.39 is 12.6 Å². The molecule has 120 valence electrons. The minimum absolute atomic E-state index is 0.0834. The van der Waals surface area contributed by atoms with Gasteiger partial charge in [0.25, 0.3) is 0 Å². The van der Waals surface area contributed by atoms with Crippen molar-refractivity contribution in [2.45, 2.75) is 64.4 Å². The lowest BCUT2D eigenvalue weighted by Gasteiger charge is -2.39. The Kier molecular flexibility index (Phi) is 7.26. The lowest BCUT2D eigenvalue weighted by molar-refractivity contribution is -0.140. The number of hydrogen-bond acceptors (Lipinski definition) is 3. The molecule has 0 bridgehead atoms. The zero-order chi connectivity index (χ0) is 15.2. The SMILES string of the molecule is CCCNC(CCC(F)(F)F)C1CN(C(C)C)CCO1. The lowest BCUT2D eigenvalue weighted by atomic mass is 10.0. The average Bonchev–Trinajstić information content (AvgIpc) is 2.38. The molecule has 2 atom stereocenters. The highest BCUT2D eigenvalue weighted by molar-refractivity contribution is 4.84. The maximum Gasteiger partial charge on any atom is 0.389 e. The Morgan fingerprint density at radius 3 is 2.60 bits per heavy atom. The summed E-state index contributed by atoms with van der Waals surface area (Å²) in [5.41, 5.74) is 0. The number of ether oxygens (including phenoxy) is 1. The van der Waals surface area contributed by atoms with Crippen LogP contribution in [0.15, 0.2) is 0 Å². The van der Waals surface area contributed by atoms with E-state index in [1.165, 1.54) is 0 Å². The fourth-order valence-electron chi connectivity index (χ4n) is 2.48. The molecule has 0 spiro atoms. The number of hydrogen-bond donors (Lipinski definition) is 1. The molecule has 0 aromatic rings. The van der Waals surface area contributed by atoms with Crippen LogP contribution in [0, 0.1) is 0 Å². The van der Waals surface area contributed by atoms with Crippen LogP contribution in [-0.2, 0) is 4.74 Å². The summed E-state index contributed by atoms with van der Waals surface area (Å²) in [6, 6.07) is 0.175. The summed E-state index contributed by atoms with van der Waals surface area (Å²) < 4.78 is 43.0. The summed E-state index contributed by atoms with van der Waals surface area (Å²) in [5, 5.41) is 3.22. The van der Waals surface area contributed by atoms with Gasteiger partial charge in [0.2, 0.25) is 0 Å². The molecule has 1 saturated heterocycles. The quantitative estimate of drug-likeness (QED) is 0.782. The van der Waals surface area contributed by atoms with Gasteiger partial charge in [0.05, 0.1) is 12.7 Å². The van der Waals surface area contributed by atoms with Crippen LogP contribution in [0.1, 0.15) is 40.0 Å². The minimum atomic E-state index is -4.10. The van der Waals surface area contributed by atoms with E-state index in [1.807, 2.05) is 6.92 Å². The van der Waals surface area contributed by atoms with Gasteiger partial charge in [-0.25, -0.2) is 0 Å². The number of nitrogens with one attached hydrogen (secondary N) is 1. The van der Waals surface area contributed by atoms with E-state index in [9.17, 15) is 13.2 Å². The van der Waals surface area contributed by atoms with Crippen molar-refractivity contribution in [3.05, 3.63) is 0 Å². The largest absolute Gasteiger partial charge is 0.389 e. The molecule has 2 unspecified atom stereocenters. The summed E-state index contributed by atoms with van der Waals surface area (Å²) in [7, 11) is 0. The maximum atomic E-state index is 12.4. The van der Waals surface area contributed by atoms with Crippen molar-refractivity contribution in [3.8, 4) is 0 Å². The molecule has 20 heavy (non-hydrogen) atoms. The average molecular weight is 296 g/mol. The van der Waals surface area contributed by atoms with Crippen molar-refractivity contribution < 1.29 is 17.9 Å². The lowest BCUT2D eigenvalue weighted by Crippen LogP contribution is -2.54. The highest BCUT2D eigenvalue weighted by atomic mass is 19.4. The fraction of sp³-hybridized carbons (Fsp3) is 1.00. The molecule has 0 amide bonds. The van der Waals surface area contributed by atoms with E-state index in [0.29, 0.717) is 19.2 Å². The van der Waals surface area contributed by atoms with Crippen LogP contribution in [0.2, 0.25) is 0 Å². The minimum Gasteiger partial charge on any atom is -0.374 e. The fourth-order valence-corrected chi connectivity index (χ4v) is 2.48. The molecule has 1 heterocycles. The third-order valence-electron chi connectivity index (χ3n) is 3.70. The molecule has 1 rings (SSSR count). The van der Waals surface area contributed by atoms with Crippen LogP contribution in [0.25, 0.3) is 0 Å². The van der Waals surface area contributed by atoms with Gasteiger partial charge in [-0.1, -0.05) is 6.92 Å². The number of rotatable bonds is 7. The van der Waals surface area contributed by atoms with Gasteiger partial charge in [-0.2, -0.15) is 13.2 Å². The Bertz CT molecular complexity index is 272. The van der Waals surface area contributed by atoms with Crippen molar-refractivity contribution in [1.29, 1.82) is 0 Å². The van der Waals surface area contributed by atoms with E-state index in [-0.39, 0.29) is 18.6 Å². The van der Waals surface area contributed by atoms with Gasteiger partial charge >= 0.3 is 6.18 Å². The topological polar surface area (TPSA) is 24.5 Å². The molecule has 0 aromatic heterocycles. The van der Waals surface area contributed by atoms with Gasteiger partial charge in [0.1, 0.15) is 0 Å². The van der Waals surface area contributed by atoms with E-state index in [4.69, 9.17) is 4.74 Å². The summed E-state index contributed by atoms with van der Waals surface area (Å²) in [6.07, 6.45) is -4.02. The summed E-state index contributed by atoms with van der Waals surface area (Å²) in [6.45, 7) is 9.10. The Morgan fingerprint density at radius 1 is 1.35 bits per heavy atom. The van der Waals surface area contributed by atoms with Crippen molar-refractivity contribution >= 4 is 0 Å². The Hall–Kier alpha value is -0.330. The molecule has 1 fully saturated rings. The summed E-state index contributed by atoms with van der Waals surface area (Å²) >= 11 is 0. The van der Waals surface area contributed by atoms with Gasteiger partial charge in [-0.15, -0.1) is 0 Å². The molecule has 0 aliphatic carbocycles. The van der Waals surface area contributed by atoms with E-state index in [2.05, 4.69) is 24.1 Å². The van der Waals surface area contributed by atoms with Gasteiger partial charge in [-0.3, -0.25) is 4.90 Å². The molecule has 3 nitrogen and oxygen atoms in total. The van der Waals surface area contributed by atoms with Crippen LogP contribution in [0.4, 0.5) is 13.2 Å². The van der Waals surface area contributed by atoms with Gasteiger partial charge < -0.3 is 10.1 Å². The molecule has 6 heteroatoms. The first-order valence-electron chi connectivity index (χ1n) is 7.49. The van der Waals surface area contributed by atoms with Crippen molar-refractivity contribution in [2.24, 2.45) is 0 Å². The van der Waals surface area contributed by atoms with Crippen molar-refractivity contribution in [3.63, 3.8) is 0 Å². The number of halogens is 3. The number of morpholine rings is 1. The van der Waals surface area contributed by atoms with Crippen LogP contribution >= 0.6 is 0 Å². The molecule has 1 N–H and O–H groups in total. The molecule has 1 aliphatic rings. The maximum absolute atomic E-state index is 12.4. The van der Waals surface area contributed by atoms with Crippen LogP contribution < -0.4 is 5.32 Å². The Balaban J connectivity index is 2.56. The normalized spacial score (nSPS) is 23.2. The van der Waals surface area contributed by atoms with Gasteiger partial charge in [-0.05, 0) is 33.2 Å². The monoisotopic (exact) mass is 296 g/mol. The van der Waals surface area contributed by atoms with E-state index in [1.54, 1.807) is 0 Å². The smallest absolute Gasteiger partial charge is 0.374 e. The van der Waals surface area contributed by atoms with Crippen molar-refractivity contribution in [2.75, 3.05) is 26.2 Å². The second-order valence-electron chi connectivity index (χ2n) is 5.71. The second kappa shape index (κ2) is 8.20. The van der Waals surface area contributed by atoms with Gasteiger partial charge in [0.15, 0.2) is 0 Å². The third kappa shape index (κ3) is 6.41. The zero-order valence-corrected chi connectivity index (χ0v) is 12.7. The first-order valence-corrected chi connectivity index (χ1v) is 7.49. The predicted octanol–water partition coefficient (Wildman–Crippen LogP) is 2.81. The summed E-state index contributed by atoms with van der Waals surface area (Å²) in [5.74, 6) is 0. The second-order valence-corrected chi connectivity index (χ2v) is 5.71. The zero-order valence-electron chi connectivity index (χ0n) is 12.7. The number of nitrogens with zero attached hydrogens (tertiary/aromatic N) is 1. The van der Waals surface area contributed by atoms with Crippen LogP contribution in [0.5, 0.6) is 0 Å². The van der Waals surface area contributed by atoms with Crippen LogP contribution in [0.3, 0.4) is 0 Å². The van der Waals surface area contributed by atoms with Gasteiger partial charge in [0, 0.05) is 31.6 Å². The molecule has 0 saturated carbocycles. The highest BCUT2D eigenvalue weighted by Gasteiger charge is 2.33. The standard InChI is InChI=1S/C14H27F3N2O/c1-4-7-18-12(5-6-14(15,16)17)13-10-19(11(2)3)8-9-20-13/h11-13,18H,4-10H2,1-3H3. The van der Waals surface area contributed by atoms with Crippen molar-refractivity contribution in [1.82, 2.24) is 10.2 Å². The molecule has 1 aliphatic heterocycles.